The molecule has 1 unspecified atom stereocenters. The van der Waals surface area contributed by atoms with Crippen molar-refractivity contribution in [2.45, 2.75) is 26.4 Å². The predicted molar refractivity (Wildman–Crippen MR) is 44.4 cm³/mol. The molecule has 0 aliphatic carbocycles. The quantitative estimate of drug-likeness (QED) is 0.500. The molecule has 12 heavy (non-hydrogen) atoms. The summed E-state index contributed by atoms with van der Waals surface area (Å²) in [6.45, 7) is 4.63. The fourth-order valence-corrected chi connectivity index (χ4v) is 1.11. The zero-order chi connectivity index (χ0) is 8.97. The lowest BCUT2D eigenvalue weighted by atomic mass is 10.2. The minimum absolute atomic E-state index is 0.148. The maximum absolute atomic E-state index is 9.99. The molecule has 4 nitrogen and oxygen atoms in total. The molecule has 1 aromatic rings. The molecule has 0 aromatic carbocycles. The van der Waals surface area contributed by atoms with Gasteiger partial charge in [0.2, 0.25) is 6.08 Å². The second kappa shape index (κ2) is 3.83. The topological polar surface area (TPSA) is 47.2 Å². The normalized spacial score (nSPS) is 12.2. The summed E-state index contributed by atoms with van der Waals surface area (Å²) in [5, 5.41) is 4.06. The molecule has 1 aromatic heterocycles. The molecule has 1 atom stereocenters. The van der Waals surface area contributed by atoms with Crippen LogP contribution < -0.4 is 0 Å². The molecule has 0 N–H and O–H groups in total. The van der Waals surface area contributed by atoms with Gasteiger partial charge in [0.15, 0.2) is 0 Å². The van der Waals surface area contributed by atoms with Crippen LogP contribution in [0.5, 0.6) is 0 Å². The predicted octanol–water partition coefficient (Wildman–Crippen LogP) is 1.30. The van der Waals surface area contributed by atoms with Crippen molar-refractivity contribution in [3.8, 4) is 0 Å². The van der Waals surface area contributed by atoms with Gasteiger partial charge in [-0.05, 0) is 19.9 Å². The lowest BCUT2D eigenvalue weighted by Crippen LogP contribution is -2.04. The molecule has 64 valence electrons. The number of hydrogen-bond donors (Lipinski definition) is 0. The van der Waals surface area contributed by atoms with E-state index in [1.165, 1.54) is 0 Å². The lowest BCUT2D eigenvalue weighted by molar-refractivity contribution is 0.551. The molecule has 0 bridgehead atoms. The number of isocyanates is 1. The molecule has 4 heteroatoms. The molecule has 0 aliphatic heterocycles. The van der Waals surface area contributed by atoms with Gasteiger partial charge in [0.1, 0.15) is 6.04 Å². The van der Waals surface area contributed by atoms with Crippen molar-refractivity contribution in [1.82, 2.24) is 9.78 Å². The molecular formula is C8H11N3O. The van der Waals surface area contributed by atoms with Crippen molar-refractivity contribution in [3.05, 3.63) is 18.0 Å². The summed E-state index contributed by atoms with van der Waals surface area (Å²) in [7, 11) is 0. The Hall–Kier alpha value is -1.41. The smallest absolute Gasteiger partial charge is 0.235 e. The van der Waals surface area contributed by atoms with Crippen LogP contribution in [0.4, 0.5) is 0 Å². The van der Waals surface area contributed by atoms with Gasteiger partial charge >= 0.3 is 0 Å². The van der Waals surface area contributed by atoms with Crippen LogP contribution in [0.1, 0.15) is 25.6 Å². The van der Waals surface area contributed by atoms with E-state index in [4.69, 9.17) is 0 Å². The summed E-state index contributed by atoms with van der Waals surface area (Å²) in [6.07, 6.45) is 3.24. The minimum atomic E-state index is -0.148. The van der Waals surface area contributed by atoms with Crippen LogP contribution in [0, 0.1) is 0 Å². The van der Waals surface area contributed by atoms with E-state index in [-0.39, 0.29) is 6.04 Å². The zero-order valence-electron chi connectivity index (χ0n) is 7.19. The van der Waals surface area contributed by atoms with Crippen LogP contribution in [0.3, 0.4) is 0 Å². The highest BCUT2D eigenvalue weighted by atomic mass is 16.1. The van der Waals surface area contributed by atoms with Crippen LogP contribution in [0.15, 0.2) is 17.3 Å². The molecule has 0 radical (unpaired) electrons. The van der Waals surface area contributed by atoms with E-state index in [0.29, 0.717) is 0 Å². The van der Waals surface area contributed by atoms with Gasteiger partial charge in [-0.15, -0.1) is 0 Å². The Morgan fingerprint density at radius 2 is 2.58 bits per heavy atom. The van der Waals surface area contributed by atoms with Crippen LogP contribution >= 0.6 is 0 Å². The molecular weight excluding hydrogens is 154 g/mol. The van der Waals surface area contributed by atoms with Crippen LogP contribution in [-0.2, 0) is 11.3 Å². The third-order valence-electron chi connectivity index (χ3n) is 1.72. The van der Waals surface area contributed by atoms with E-state index in [0.717, 1.165) is 12.2 Å². The molecule has 0 spiro atoms. The van der Waals surface area contributed by atoms with Gasteiger partial charge < -0.3 is 0 Å². The van der Waals surface area contributed by atoms with Gasteiger partial charge in [0, 0.05) is 12.7 Å². The van der Waals surface area contributed by atoms with Crippen molar-refractivity contribution in [2.24, 2.45) is 4.99 Å². The van der Waals surface area contributed by atoms with Gasteiger partial charge in [-0.25, -0.2) is 4.79 Å². The summed E-state index contributed by atoms with van der Waals surface area (Å²) < 4.78 is 1.81. The number of aryl methyl sites for hydroxylation is 1. The van der Waals surface area contributed by atoms with E-state index in [1.807, 2.05) is 24.6 Å². The standard InChI is InChI=1S/C8H11N3O/c1-3-11-8(4-5-10-11)7(2)9-6-12/h4-5,7H,3H2,1-2H3. The van der Waals surface area contributed by atoms with Crippen molar-refractivity contribution in [3.63, 3.8) is 0 Å². The van der Waals surface area contributed by atoms with Gasteiger partial charge in [-0.1, -0.05) is 0 Å². The van der Waals surface area contributed by atoms with E-state index in [9.17, 15) is 4.79 Å². The van der Waals surface area contributed by atoms with Crippen molar-refractivity contribution >= 4 is 6.08 Å². The van der Waals surface area contributed by atoms with E-state index < -0.39 is 0 Å². The number of rotatable bonds is 3. The largest absolute Gasteiger partial charge is 0.268 e. The van der Waals surface area contributed by atoms with Crippen molar-refractivity contribution in [2.75, 3.05) is 0 Å². The van der Waals surface area contributed by atoms with Crippen LogP contribution in [0.2, 0.25) is 0 Å². The summed E-state index contributed by atoms with van der Waals surface area (Å²) in [6, 6.07) is 1.71. The molecule has 0 saturated carbocycles. The Morgan fingerprint density at radius 1 is 1.83 bits per heavy atom. The van der Waals surface area contributed by atoms with E-state index in [2.05, 4.69) is 10.1 Å². The second-order valence-corrected chi connectivity index (χ2v) is 2.47. The number of nitrogens with zero attached hydrogens (tertiary/aromatic N) is 3. The van der Waals surface area contributed by atoms with Gasteiger partial charge in [0.05, 0.1) is 5.69 Å². The Morgan fingerprint density at radius 3 is 3.17 bits per heavy atom. The highest BCUT2D eigenvalue weighted by molar-refractivity contribution is 5.34. The third-order valence-corrected chi connectivity index (χ3v) is 1.72. The average Bonchev–Trinajstić information content (AvgIpc) is 2.51. The molecule has 0 fully saturated rings. The highest BCUT2D eigenvalue weighted by Crippen LogP contribution is 2.14. The Kier molecular flexibility index (Phi) is 2.77. The summed E-state index contributed by atoms with van der Waals surface area (Å²) in [5.41, 5.74) is 0.945. The first kappa shape index (κ1) is 8.68. The van der Waals surface area contributed by atoms with Crippen LogP contribution in [-0.4, -0.2) is 15.9 Å². The Balaban J connectivity index is 2.92. The first-order chi connectivity index (χ1) is 5.79. The SMILES string of the molecule is CCn1nccc1C(C)N=C=O. The fraction of sp³-hybridized carbons (Fsp3) is 0.500. The van der Waals surface area contributed by atoms with Gasteiger partial charge in [0.25, 0.3) is 0 Å². The van der Waals surface area contributed by atoms with Crippen LogP contribution in [0.25, 0.3) is 0 Å². The Labute approximate surface area is 70.9 Å². The average molecular weight is 165 g/mol. The summed E-state index contributed by atoms with van der Waals surface area (Å²) in [5.74, 6) is 0. The fourth-order valence-electron chi connectivity index (χ4n) is 1.11. The first-order valence-electron chi connectivity index (χ1n) is 3.88. The van der Waals surface area contributed by atoms with Gasteiger partial charge in [-0.3, -0.25) is 4.68 Å². The minimum Gasteiger partial charge on any atom is -0.268 e. The van der Waals surface area contributed by atoms with E-state index in [1.54, 1.807) is 12.3 Å². The van der Waals surface area contributed by atoms with Crippen molar-refractivity contribution < 1.29 is 4.79 Å². The zero-order valence-corrected chi connectivity index (χ0v) is 7.19. The Bertz CT molecular complexity index is 299. The number of aromatic nitrogens is 2. The third kappa shape index (κ3) is 1.60. The van der Waals surface area contributed by atoms with Crippen molar-refractivity contribution in [1.29, 1.82) is 0 Å². The van der Waals surface area contributed by atoms with E-state index >= 15 is 0 Å². The van der Waals surface area contributed by atoms with Gasteiger partial charge in [-0.2, -0.15) is 10.1 Å². The first-order valence-corrected chi connectivity index (χ1v) is 3.88. The number of carbonyl (C=O) groups excluding carboxylic acids is 1. The molecule has 0 amide bonds. The summed E-state index contributed by atoms with van der Waals surface area (Å²) in [4.78, 5) is 13.6. The lowest BCUT2D eigenvalue weighted by Gasteiger charge is -2.05. The summed E-state index contributed by atoms with van der Waals surface area (Å²) >= 11 is 0. The highest BCUT2D eigenvalue weighted by Gasteiger charge is 2.07. The number of aliphatic imine (C=N–C) groups is 1. The number of hydrogen-bond acceptors (Lipinski definition) is 3. The molecule has 0 aliphatic rings. The monoisotopic (exact) mass is 165 g/mol. The molecule has 1 rings (SSSR count). The maximum atomic E-state index is 9.99. The molecule has 1 heterocycles. The molecule has 0 saturated heterocycles. The maximum Gasteiger partial charge on any atom is 0.235 e. The second-order valence-electron chi connectivity index (χ2n) is 2.47.